The van der Waals surface area contributed by atoms with E-state index in [-0.39, 0.29) is 36.7 Å². The highest BCUT2D eigenvalue weighted by atomic mass is 16.5. The van der Waals surface area contributed by atoms with Gasteiger partial charge in [0.1, 0.15) is 17.1 Å². The van der Waals surface area contributed by atoms with Crippen molar-refractivity contribution < 1.29 is 23.9 Å². The van der Waals surface area contributed by atoms with E-state index in [9.17, 15) is 14.4 Å². The fourth-order valence-corrected chi connectivity index (χ4v) is 4.19. The zero-order valence-electron chi connectivity index (χ0n) is 17.9. The third-order valence-electron chi connectivity index (χ3n) is 5.67. The summed E-state index contributed by atoms with van der Waals surface area (Å²) in [6.45, 7) is 4.19. The Hall–Kier alpha value is -3.35. The Morgan fingerprint density at radius 1 is 1.16 bits per heavy atom. The van der Waals surface area contributed by atoms with Crippen molar-refractivity contribution in [3.05, 3.63) is 59.2 Å². The van der Waals surface area contributed by atoms with Gasteiger partial charge in [-0.05, 0) is 50.6 Å². The molecule has 0 bridgehead atoms. The van der Waals surface area contributed by atoms with E-state index < -0.39 is 5.60 Å². The van der Waals surface area contributed by atoms with Gasteiger partial charge in [0.25, 0.3) is 11.8 Å². The van der Waals surface area contributed by atoms with Crippen molar-refractivity contribution in [2.75, 3.05) is 13.7 Å². The highest BCUT2D eigenvalue weighted by molar-refractivity contribution is 6.21. The zero-order valence-corrected chi connectivity index (χ0v) is 17.9. The van der Waals surface area contributed by atoms with Crippen molar-refractivity contribution in [1.82, 2.24) is 10.2 Å². The number of ether oxygens (including phenoxy) is 2. The Balaban J connectivity index is 1.38. The summed E-state index contributed by atoms with van der Waals surface area (Å²) in [5.74, 6) is 0.704. The third kappa shape index (κ3) is 4.13. The van der Waals surface area contributed by atoms with Crippen molar-refractivity contribution in [2.24, 2.45) is 0 Å². The molecule has 0 saturated carbocycles. The normalized spacial score (nSPS) is 18.8. The lowest BCUT2D eigenvalue weighted by atomic mass is 9.89. The van der Waals surface area contributed by atoms with Crippen LogP contribution >= 0.6 is 0 Å². The first-order chi connectivity index (χ1) is 14.8. The van der Waals surface area contributed by atoms with E-state index >= 15 is 0 Å². The predicted molar refractivity (Wildman–Crippen MR) is 114 cm³/mol. The van der Waals surface area contributed by atoms with Crippen LogP contribution < -0.4 is 14.8 Å². The number of hydrogen-bond donors (Lipinski definition) is 1. The minimum absolute atomic E-state index is 0.131. The maximum Gasteiger partial charge on any atom is 0.261 e. The van der Waals surface area contributed by atoms with Crippen molar-refractivity contribution in [2.45, 2.75) is 44.8 Å². The Morgan fingerprint density at radius 2 is 1.84 bits per heavy atom. The van der Waals surface area contributed by atoms with Gasteiger partial charge in [0.05, 0.1) is 24.3 Å². The molecule has 1 N–H and O–H groups in total. The first kappa shape index (κ1) is 20.9. The average molecular weight is 422 g/mol. The number of hydrogen-bond acceptors (Lipinski definition) is 5. The number of imide groups is 1. The van der Waals surface area contributed by atoms with E-state index in [4.69, 9.17) is 9.47 Å². The van der Waals surface area contributed by atoms with Gasteiger partial charge in [-0.1, -0.05) is 12.1 Å². The summed E-state index contributed by atoms with van der Waals surface area (Å²) in [5, 5.41) is 3.08. The number of carbonyl (C=O) groups excluding carboxylic acids is 3. The van der Waals surface area contributed by atoms with Crippen molar-refractivity contribution in [3.63, 3.8) is 0 Å². The molecule has 2 aliphatic heterocycles. The molecule has 2 aromatic rings. The quantitative estimate of drug-likeness (QED) is 0.721. The van der Waals surface area contributed by atoms with E-state index in [0.29, 0.717) is 29.7 Å². The number of rotatable bonds is 6. The minimum atomic E-state index is -0.417. The van der Waals surface area contributed by atoms with Crippen LogP contribution in [0.3, 0.4) is 0 Å². The molecule has 162 valence electrons. The third-order valence-corrected chi connectivity index (χ3v) is 5.67. The van der Waals surface area contributed by atoms with Gasteiger partial charge in [0.2, 0.25) is 5.91 Å². The van der Waals surface area contributed by atoms with Crippen LogP contribution in [0.2, 0.25) is 0 Å². The zero-order chi connectivity index (χ0) is 22.2. The minimum Gasteiger partial charge on any atom is -0.497 e. The van der Waals surface area contributed by atoms with Crippen LogP contribution in [-0.2, 0) is 4.79 Å². The van der Waals surface area contributed by atoms with Crippen LogP contribution in [0.15, 0.2) is 42.5 Å². The van der Waals surface area contributed by atoms with Gasteiger partial charge in [-0.25, -0.2) is 0 Å². The average Bonchev–Trinajstić information content (AvgIpc) is 2.98. The van der Waals surface area contributed by atoms with Crippen LogP contribution in [0, 0.1) is 0 Å². The smallest absolute Gasteiger partial charge is 0.261 e. The standard InChI is InChI=1S/C24H26N2O5/c1-24(2)14-19(18-13-15(30-3)10-11-20(18)31-24)25-21(27)9-6-12-26-22(28)16-7-4-5-8-17(16)23(26)29/h4-5,7-8,10-11,13,19H,6,9,12,14H2,1-3H3,(H,25,27)/t19-/m1/s1. The van der Waals surface area contributed by atoms with E-state index in [1.54, 1.807) is 31.4 Å². The van der Waals surface area contributed by atoms with Crippen molar-refractivity contribution in [1.29, 1.82) is 0 Å². The van der Waals surface area contributed by atoms with Crippen molar-refractivity contribution in [3.8, 4) is 11.5 Å². The number of fused-ring (bicyclic) bond motifs is 2. The van der Waals surface area contributed by atoms with Gasteiger partial charge < -0.3 is 14.8 Å². The van der Waals surface area contributed by atoms with Crippen LogP contribution in [0.5, 0.6) is 11.5 Å². The molecule has 1 atom stereocenters. The van der Waals surface area contributed by atoms with Crippen LogP contribution in [0.25, 0.3) is 0 Å². The number of benzene rings is 2. The molecular formula is C24H26N2O5. The van der Waals surface area contributed by atoms with E-state index in [0.717, 1.165) is 11.3 Å². The molecule has 0 spiro atoms. The lowest BCUT2D eigenvalue weighted by Crippen LogP contribution is -2.41. The summed E-state index contributed by atoms with van der Waals surface area (Å²) >= 11 is 0. The molecule has 0 saturated heterocycles. The highest BCUT2D eigenvalue weighted by Crippen LogP contribution is 2.41. The number of nitrogens with one attached hydrogen (secondary N) is 1. The maximum absolute atomic E-state index is 12.7. The molecule has 7 nitrogen and oxygen atoms in total. The molecule has 2 aromatic carbocycles. The molecule has 4 rings (SSSR count). The topological polar surface area (TPSA) is 84.9 Å². The first-order valence-electron chi connectivity index (χ1n) is 10.4. The monoisotopic (exact) mass is 422 g/mol. The molecule has 31 heavy (non-hydrogen) atoms. The highest BCUT2D eigenvalue weighted by Gasteiger charge is 2.36. The van der Waals surface area contributed by atoms with Gasteiger partial charge in [0.15, 0.2) is 0 Å². The Labute approximate surface area is 181 Å². The largest absolute Gasteiger partial charge is 0.497 e. The molecule has 2 aliphatic rings. The number of methoxy groups -OCH3 is 1. The number of amides is 3. The van der Waals surface area contributed by atoms with Crippen LogP contribution in [0.1, 0.15) is 65.4 Å². The fraction of sp³-hybridized carbons (Fsp3) is 0.375. The summed E-state index contributed by atoms with van der Waals surface area (Å²) in [7, 11) is 1.60. The van der Waals surface area contributed by atoms with Gasteiger partial charge >= 0.3 is 0 Å². The molecule has 0 radical (unpaired) electrons. The Bertz CT molecular complexity index is 1010. The van der Waals surface area contributed by atoms with E-state index in [1.807, 2.05) is 32.0 Å². The summed E-state index contributed by atoms with van der Waals surface area (Å²) in [5.41, 5.74) is 1.31. The fourth-order valence-electron chi connectivity index (χ4n) is 4.19. The summed E-state index contributed by atoms with van der Waals surface area (Å²) in [6, 6.07) is 12.2. The van der Waals surface area contributed by atoms with Gasteiger partial charge in [-0.15, -0.1) is 0 Å². The molecule has 0 unspecified atom stereocenters. The second kappa shape index (κ2) is 8.06. The predicted octanol–water partition coefficient (Wildman–Crippen LogP) is 3.49. The maximum atomic E-state index is 12.7. The first-order valence-corrected chi connectivity index (χ1v) is 10.4. The summed E-state index contributed by atoms with van der Waals surface area (Å²) in [6.07, 6.45) is 1.23. The van der Waals surface area contributed by atoms with E-state index in [2.05, 4.69) is 5.32 Å². The molecule has 2 heterocycles. The molecule has 0 aliphatic carbocycles. The Morgan fingerprint density at radius 3 is 2.48 bits per heavy atom. The summed E-state index contributed by atoms with van der Waals surface area (Å²) in [4.78, 5) is 38.8. The van der Waals surface area contributed by atoms with Gasteiger partial charge in [-0.2, -0.15) is 0 Å². The van der Waals surface area contributed by atoms with E-state index in [1.165, 1.54) is 4.90 Å². The lowest BCUT2D eigenvalue weighted by Gasteiger charge is -2.38. The SMILES string of the molecule is COc1ccc2c(c1)[C@H](NC(=O)CCCN1C(=O)c3ccccc3C1=O)CC(C)(C)O2. The second-order valence-corrected chi connectivity index (χ2v) is 8.50. The number of nitrogens with zero attached hydrogens (tertiary/aromatic N) is 1. The van der Waals surface area contributed by atoms with Crippen molar-refractivity contribution >= 4 is 17.7 Å². The second-order valence-electron chi connectivity index (χ2n) is 8.50. The van der Waals surface area contributed by atoms with Crippen LogP contribution in [0.4, 0.5) is 0 Å². The Kier molecular flexibility index (Phi) is 5.43. The molecule has 0 aromatic heterocycles. The molecular weight excluding hydrogens is 396 g/mol. The lowest BCUT2D eigenvalue weighted by molar-refractivity contribution is -0.122. The molecule has 3 amide bonds. The van der Waals surface area contributed by atoms with Gasteiger partial charge in [-0.3, -0.25) is 19.3 Å². The number of carbonyl (C=O) groups is 3. The molecule has 0 fully saturated rings. The van der Waals surface area contributed by atoms with Gasteiger partial charge in [0, 0.05) is 24.9 Å². The molecule has 7 heteroatoms. The van der Waals surface area contributed by atoms with Crippen LogP contribution in [-0.4, -0.2) is 41.9 Å². The summed E-state index contributed by atoms with van der Waals surface area (Å²) < 4.78 is 11.4.